The van der Waals surface area contributed by atoms with Crippen molar-refractivity contribution in [3.8, 4) is 17.0 Å². The molecule has 24 heavy (non-hydrogen) atoms. The summed E-state index contributed by atoms with van der Waals surface area (Å²) in [5, 5.41) is 7.76. The number of fused-ring (bicyclic) bond motifs is 1. The maximum Gasteiger partial charge on any atom is 0.120 e. The minimum Gasteiger partial charge on any atom is -0.489 e. The maximum atomic E-state index is 5.95. The Hall–Kier alpha value is -2.59. The van der Waals surface area contributed by atoms with Crippen LogP contribution < -0.4 is 4.74 Å². The Morgan fingerprint density at radius 1 is 1.12 bits per heavy atom. The van der Waals surface area contributed by atoms with Crippen LogP contribution in [0.15, 0.2) is 54.6 Å². The minimum atomic E-state index is 0.575. The highest BCUT2D eigenvalue weighted by molar-refractivity contribution is 5.65. The molecule has 0 spiro atoms. The number of nitrogens with one attached hydrogen (secondary N) is 1. The number of nitrogens with zero attached hydrogens (tertiary/aromatic N) is 2. The molecule has 4 heteroatoms. The first-order chi connectivity index (χ1) is 11.8. The monoisotopic (exact) mass is 319 g/mol. The largest absolute Gasteiger partial charge is 0.489 e. The molecule has 0 radical (unpaired) electrons. The van der Waals surface area contributed by atoms with Crippen LogP contribution in [0.2, 0.25) is 0 Å². The van der Waals surface area contributed by atoms with Gasteiger partial charge in [0.1, 0.15) is 12.4 Å². The topological polar surface area (TPSA) is 41.2 Å². The average Bonchev–Trinajstić information content (AvgIpc) is 3.04. The van der Waals surface area contributed by atoms with Gasteiger partial charge in [-0.25, -0.2) is 0 Å². The zero-order valence-electron chi connectivity index (χ0n) is 13.8. The number of ether oxygens (including phenoxy) is 1. The molecule has 0 aliphatic carbocycles. The standard InChI is InChI=1S/C20H21N3O/c1-23-11-10-19-18(13-23)20(22-21-19)16-8-5-9-17(12-16)24-14-15-6-3-2-4-7-15/h2-9,12H,10-11,13-14H2,1H3,(H,21,22). The van der Waals surface area contributed by atoms with E-state index in [1.807, 2.05) is 30.3 Å². The molecule has 1 aliphatic heterocycles. The molecule has 1 aromatic heterocycles. The highest BCUT2D eigenvalue weighted by Gasteiger charge is 2.20. The summed E-state index contributed by atoms with van der Waals surface area (Å²) in [6.45, 7) is 2.59. The van der Waals surface area contributed by atoms with E-state index < -0.39 is 0 Å². The molecule has 1 aliphatic rings. The molecule has 122 valence electrons. The molecule has 0 fully saturated rings. The minimum absolute atomic E-state index is 0.575. The van der Waals surface area contributed by atoms with Gasteiger partial charge in [0.05, 0.1) is 5.69 Å². The van der Waals surface area contributed by atoms with Gasteiger partial charge < -0.3 is 9.64 Å². The second-order valence-electron chi connectivity index (χ2n) is 6.32. The molecule has 1 N–H and O–H groups in total. The van der Waals surface area contributed by atoms with Crippen LogP contribution in [0.3, 0.4) is 0 Å². The van der Waals surface area contributed by atoms with E-state index in [1.165, 1.54) is 16.8 Å². The van der Waals surface area contributed by atoms with Crippen LogP contribution >= 0.6 is 0 Å². The molecule has 2 aromatic carbocycles. The average molecular weight is 319 g/mol. The SMILES string of the molecule is CN1CCc2[nH]nc(-c3cccc(OCc4ccccc4)c3)c2C1. The Morgan fingerprint density at radius 3 is 2.88 bits per heavy atom. The van der Waals surface area contributed by atoms with Crippen LogP contribution in [0, 0.1) is 0 Å². The fourth-order valence-electron chi connectivity index (χ4n) is 3.14. The summed E-state index contributed by atoms with van der Waals surface area (Å²) in [6.07, 6.45) is 1.03. The van der Waals surface area contributed by atoms with Crippen molar-refractivity contribution in [1.29, 1.82) is 0 Å². The Bertz CT molecular complexity index is 826. The van der Waals surface area contributed by atoms with Crippen molar-refractivity contribution in [2.45, 2.75) is 19.6 Å². The van der Waals surface area contributed by atoms with Gasteiger partial charge in [0.25, 0.3) is 0 Å². The van der Waals surface area contributed by atoms with Crippen LogP contribution in [0.1, 0.15) is 16.8 Å². The van der Waals surface area contributed by atoms with Crippen LogP contribution in [-0.4, -0.2) is 28.7 Å². The van der Waals surface area contributed by atoms with Gasteiger partial charge in [-0.1, -0.05) is 42.5 Å². The van der Waals surface area contributed by atoms with Crippen molar-refractivity contribution in [3.05, 3.63) is 71.4 Å². The Morgan fingerprint density at radius 2 is 2.00 bits per heavy atom. The van der Waals surface area contributed by atoms with E-state index in [4.69, 9.17) is 4.74 Å². The molecule has 3 aromatic rings. The van der Waals surface area contributed by atoms with Gasteiger partial charge in [0.2, 0.25) is 0 Å². The Balaban J connectivity index is 1.56. The lowest BCUT2D eigenvalue weighted by atomic mass is 10.0. The van der Waals surface area contributed by atoms with Gasteiger partial charge in [-0.3, -0.25) is 5.10 Å². The second-order valence-corrected chi connectivity index (χ2v) is 6.32. The summed E-state index contributed by atoms with van der Waals surface area (Å²) >= 11 is 0. The van der Waals surface area contributed by atoms with E-state index in [0.717, 1.165) is 36.5 Å². The van der Waals surface area contributed by atoms with Crippen molar-refractivity contribution in [2.24, 2.45) is 0 Å². The maximum absolute atomic E-state index is 5.95. The lowest BCUT2D eigenvalue weighted by Crippen LogP contribution is -2.26. The Labute approximate surface area is 142 Å². The van der Waals surface area contributed by atoms with Gasteiger partial charge in [-0.05, 0) is 24.7 Å². The van der Waals surface area contributed by atoms with Crippen LogP contribution in [0.5, 0.6) is 5.75 Å². The smallest absolute Gasteiger partial charge is 0.120 e. The normalized spacial score (nSPS) is 14.4. The molecule has 4 nitrogen and oxygen atoms in total. The predicted molar refractivity (Wildman–Crippen MR) is 94.8 cm³/mol. The summed E-state index contributed by atoms with van der Waals surface area (Å²) in [6, 6.07) is 18.4. The lowest BCUT2D eigenvalue weighted by molar-refractivity contribution is 0.306. The van der Waals surface area contributed by atoms with Gasteiger partial charge in [-0.15, -0.1) is 0 Å². The van der Waals surface area contributed by atoms with E-state index in [1.54, 1.807) is 0 Å². The van der Waals surface area contributed by atoms with Gasteiger partial charge in [0.15, 0.2) is 0 Å². The number of aromatic amines is 1. The van der Waals surface area contributed by atoms with E-state index >= 15 is 0 Å². The zero-order valence-corrected chi connectivity index (χ0v) is 13.8. The van der Waals surface area contributed by atoms with Crippen molar-refractivity contribution in [3.63, 3.8) is 0 Å². The predicted octanol–water partition coefficient (Wildman–Crippen LogP) is 3.64. The number of hydrogen-bond donors (Lipinski definition) is 1. The molecule has 0 atom stereocenters. The van der Waals surface area contributed by atoms with Crippen molar-refractivity contribution in [1.82, 2.24) is 15.1 Å². The number of rotatable bonds is 4. The molecule has 2 heterocycles. The molecule has 0 unspecified atom stereocenters. The summed E-state index contributed by atoms with van der Waals surface area (Å²) in [7, 11) is 2.15. The molecule has 0 saturated heterocycles. The third-order valence-electron chi connectivity index (χ3n) is 4.48. The van der Waals surface area contributed by atoms with Crippen LogP contribution in [-0.2, 0) is 19.6 Å². The Kier molecular flexibility index (Phi) is 4.05. The molecular formula is C20H21N3O. The first-order valence-corrected chi connectivity index (χ1v) is 8.31. The fraction of sp³-hybridized carbons (Fsp3) is 0.250. The molecule has 0 amide bonds. The van der Waals surface area contributed by atoms with Crippen molar-refractivity contribution in [2.75, 3.05) is 13.6 Å². The summed E-state index contributed by atoms with van der Waals surface area (Å²) in [5.41, 5.74) is 5.89. The zero-order chi connectivity index (χ0) is 16.4. The number of likely N-dealkylation sites (N-methyl/N-ethyl adjacent to an activating group) is 1. The molecule has 4 rings (SSSR count). The molecule has 0 saturated carbocycles. The third-order valence-corrected chi connectivity index (χ3v) is 4.48. The van der Waals surface area contributed by atoms with Gasteiger partial charge >= 0.3 is 0 Å². The molecular weight excluding hydrogens is 298 g/mol. The van der Waals surface area contributed by atoms with E-state index in [9.17, 15) is 0 Å². The number of aromatic nitrogens is 2. The highest BCUT2D eigenvalue weighted by Crippen LogP contribution is 2.30. The number of hydrogen-bond acceptors (Lipinski definition) is 3. The first-order valence-electron chi connectivity index (χ1n) is 8.31. The summed E-state index contributed by atoms with van der Waals surface area (Å²) in [4.78, 5) is 2.33. The lowest BCUT2D eigenvalue weighted by Gasteiger charge is -2.22. The van der Waals surface area contributed by atoms with Crippen molar-refractivity contribution < 1.29 is 4.74 Å². The molecule has 0 bridgehead atoms. The second kappa shape index (κ2) is 6.49. The quantitative estimate of drug-likeness (QED) is 0.798. The number of H-pyrrole nitrogens is 1. The fourth-order valence-corrected chi connectivity index (χ4v) is 3.14. The van der Waals surface area contributed by atoms with Gasteiger partial charge in [0, 0.05) is 36.3 Å². The van der Waals surface area contributed by atoms with E-state index in [0.29, 0.717) is 6.61 Å². The third kappa shape index (κ3) is 3.05. The highest BCUT2D eigenvalue weighted by atomic mass is 16.5. The van der Waals surface area contributed by atoms with E-state index in [-0.39, 0.29) is 0 Å². The number of benzene rings is 2. The van der Waals surface area contributed by atoms with Crippen molar-refractivity contribution >= 4 is 0 Å². The van der Waals surface area contributed by atoms with E-state index in [2.05, 4.69) is 46.4 Å². The van der Waals surface area contributed by atoms with Gasteiger partial charge in [-0.2, -0.15) is 5.10 Å². The van der Waals surface area contributed by atoms with Crippen LogP contribution in [0.25, 0.3) is 11.3 Å². The summed E-state index contributed by atoms with van der Waals surface area (Å²) < 4.78 is 5.95. The van der Waals surface area contributed by atoms with Crippen LogP contribution in [0.4, 0.5) is 0 Å². The first kappa shape index (κ1) is 15.0. The summed E-state index contributed by atoms with van der Waals surface area (Å²) in [5.74, 6) is 0.872.